The van der Waals surface area contributed by atoms with E-state index in [4.69, 9.17) is 16.9 Å². The molecule has 0 saturated carbocycles. The maximum absolute atomic E-state index is 10.6. The van der Waals surface area contributed by atoms with Crippen LogP contribution >= 0.6 is 24.8 Å². The summed E-state index contributed by atoms with van der Waals surface area (Å²) in [5, 5.41) is 6.76. The Morgan fingerprint density at radius 1 is 1.58 bits per heavy atom. The number of ether oxygens (including phenoxy) is 1. The lowest BCUT2D eigenvalue weighted by Gasteiger charge is -2.06. The van der Waals surface area contributed by atoms with Gasteiger partial charge in [-0.15, -0.1) is 24.8 Å². The van der Waals surface area contributed by atoms with Crippen LogP contribution in [-0.2, 0) is 9.53 Å². The fraction of sp³-hybridized carbons (Fsp3) is 0.600. The molecule has 0 spiro atoms. The average Bonchev–Trinajstić information content (AvgIpc) is 1.87. The van der Waals surface area contributed by atoms with Gasteiger partial charge in [-0.3, -0.25) is 5.41 Å². The molecule has 0 rings (SSSR count). The minimum Gasteiger partial charge on any atom is -0.464 e. The molecule has 0 aromatic carbocycles. The molecule has 1 unspecified atom stereocenters. The molecule has 1 atom stereocenters. The molecule has 0 aromatic heterocycles. The molecule has 0 aliphatic rings. The van der Waals surface area contributed by atoms with Gasteiger partial charge in [0.1, 0.15) is 5.84 Å². The predicted octanol–water partition coefficient (Wildman–Crippen LogP) is -0.344. The zero-order valence-electron chi connectivity index (χ0n) is 6.57. The Bertz CT molecular complexity index is 154. The molecule has 0 aliphatic heterocycles. The van der Waals surface area contributed by atoms with Crippen LogP contribution in [0.1, 0.15) is 6.92 Å². The molecule has 5 nitrogen and oxygen atoms in total. The molecule has 0 aliphatic carbocycles. The fourth-order valence-corrected chi connectivity index (χ4v) is 0.359. The Morgan fingerprint density at radius 3 is 2.25 bits per heavy atom. The van der Waals surface area contributed by atoms with Crippen LogP contribution in [0.2, 0.25) is 0 Å². The number of carbonyl (C=O) groups is 1. The van der Waals surface area contributed by atoms with E-state index in [1.165, 1.54) is 0 Å². The van der Waals surface area contributed by atoms with Crippen LogP contribution in [0, 0.1) is 5.41 Å². The van der Waals surface area contributed by atoms with Crippen LogP contribution in [0.3, 0.4) is 0 Å². The van der Waals surface area contributed by atoms with Crippen LogP contribution in [-0.4, -0.2) is 24.5 Å². The van der Waals surface area contributed by atoms with Crippen molar-refractivity contribution in [1.82, 2.24) is 0 Å². The van der Waals surface area contributed by atoms with Crippen LogP contribution in [0.4, 0.5) is 0 Å². The van der Waals surface area contributed by atoms with Gasteiger partial charge in [0.25, 0.3) is 0 Å². The first-order valence-corrected chi connectivity index (χ1v) is 2.85. The van der Waals surface area contributed by atoms with E-state index in [0.717, 1.165) is 0 Å². The molecular weight excluding hydrogens is 205 g/mol. The van der Waals surface area contributed by atoms with Crippen molar-refractivity contribution < 1.29 is 9.53 Å². The van der Waals surface area contributed by atoms with Crippen LogP contribution in [0.25, 0.3) is 0 Å². The number of nitrogens with two attached hydrogens (primary N) is 2. The Labute approximate surface area is 83.1 Å². The average molecular weight is 218 g/mol. The van der Waals surface area contributed by atoms with E-state index in [0.29, 0.717) is 0 Å². The number of esters is 1. The Kier molecular flexibility index (Phi) is 12.5. The molecule has 5 N–H and O–H groups in total. The number of rotatable bonds is 3. The second-order valence-electron chi connectivity index (χ2n) is 1.69. The van der Waals surface area contributed by atoms with Gasteiger partial charge < -0.3 is 16.2 Å². The van der Waals surface area contributed by atoms with Gasteiger partial charge in [-0.2, -0.15) is 0 Å². The van der Waals surface area contributed by atoms with E-state index in [2.05, 4.69) is 4.74 Å². The highest BCUT2D eigenvalue weighted by molar-refractivity contribution is 6.02. The Balaban J connectivity index is -0.000000405. The molecule has 0 heterocycles. The summed E-state index contributed by atoms with van der Waals surface area (Å²) in [6.07, 6.45) is 0. The Hall–Kier alpha value is -0.520. The first-order valence-electron chi connectivity index (χ1n) is 2.85. The number of carbonyl (C=O) groups excluding carboxylic acids is 1. The van der Waals surface area contributed by atoms with Crippen molar-refractivity contribution in [3.63, 3.8) is 0 Å². The minimum atomic E-state index is -1.11. The van der Waals surface area contributed by atoms with Crippen molar-refractivity contribution in [3.05, 3.63) is 0 Å². The molecular formula is C5H13Cl2N3O2. The van der Waals surface area contributed by atoms with Crippen LogP contribution in [0.5, 0.6) is 0 Å². The second-order valence-corrected chi connectivity index (χ2v) is 1.69. The third-order valence-corrected chi connectivity index (χ3v) is 0.876. The van der Waals surface area contributed by atoms with Crippen molar-refractivity contribution in [2.45, 2.75) is 13.0 Å². The molecule has 0 radical (unpaired) electrons. The highest BCUT2D eigenvalue weighted by Gasteiger charge is 2.16. The predicted molar refractivity (Wildman–Crippen MR) is 51.0 cm³/mol. The fourth-order valence-electron chi connectivity index (χ4n) is 0.359. The van der Waals surface area contributed by atoms with E-state index in [9.17, 15) is 4.79 Å². The lowest BCUT2D eigenvalue weighted by molar-refractivity contribution is -0.142. The minimum absolute atomic E-state index is 0. The number of hydrogen-bond donors (Lipinski definition) is 3. The lowest BCUT2D eigenvalue weighted by Crippen LogP contribution is -2.43. The number of amidine groups is 1. The van der Waals surface area contributed by atoms with Gasteiger partial charge in [-0.25, -0.2) is 4.79 Å². The van der Waals surface area contributed by atoms with E-state index in [1.807, 2.05) is 0 Å². The molecule has 0 amide bonds. The maximum Gasteiger partial charge on any atom is 0.330 e. The number of nitrogens with one attached hydrogen (secondary N) is 1. The van der Waals surface area contributed by atoms with Crippen LogP contribution < -0.4 is 11.5 Å². The van der Waals surface area contributed by atoms with Crippen molar-refractivity contribution in [2.75, 3.05) is 6.61 Å². The highest BCUT2D eigenvalue weighted by Crippen LogP contribution is 1.83. The summed E-state index contributed by atoms with van der Waals surface area (Å²) in [5.41, 5.74) is 10.0. The van der Waals surface area contributed by atoms with Gasteiger partial charge in [0.2, 0.25) is 0 Å². The molecule has 0 fully saturated rings. The monoisotopic (exact) mass is 217 g/mol. The number of halogens is 2. The number of hydrogen-bond acceptors (Lipinski definition) is 4. The van der Waals surface area contributed by atoms with Gasteiger partial charge in [0.05, 0.1) is 6.61 Å². The summed E-state index contributed by atoms with van der Waals surface area (Å²) in [5.74, 6) is -1.03. The van der Waals surface area contributed by atoms with Crippen molar-refractivity contribution in [2.24, 2.45) is 11.5 Å². The zero-order chi connectivity index (χ0) is 8.15. The van der Waals surface area contributed by atoms with Gasteiger partial charge in [0.15, 0.2) is 6.04 Å². The third kappa shape index (κ3) is 6.21. The lowest BCUT2D eigenvalue weighted by atomic mass is 10.3. The SMILES string of the molecule is CCOC(=O)C(N)C(=N)N.Cl.Cl. The first-order chi connectivity index (χ1) is 4.59. The largest absolute Gasteiger partial charge is 0.464 e. The van der Waals surface area contributed by atoms with E-state index >= 15 is 0 Å². The van der Waals surface area contributed by atoms with Crippen molar-refractivity contribution in [1.29, 1.82) is 5.41 Å². The highest BCUT2D eigenvalue weighted by atomic mass is 35.5. The quantitative estimate of drug-likeness (QED) is 0.342. The molecule has 74 valence electrons. The third-order valence-electron chi connectivity index (χ3n) is 0.876. The standard InChI is InChI=1S/C5H11N3O2.2ClH/c1-2-10-5(9)3(6)4(7)8;;/h3H,2,6H2,1H3,(H3,7,8);2*1H. The molecule has 12 heavy (non-hydrogen) atoms. The summed E-state index contributed by atoms with van der Waals surface area (Å²) in [7, 11) is 0. The smallest absolute Gasteiger partial charge is 0.330 e. The normalized spacial score (nSPS) is 10.2. The summed E-state index contributed by atoms with van der Waals surface area (Å²) < 4.78 is 4.48. The van der Waals surface area contributed by atoms with Crippen molar-refractivity contribution >= 4 is 36.6 Å². The Morgan fingerprint density at radius 2 is 2.00 bits per heavy atom. The molecule has 0 bridgehead atoms. The van der Waals surface area contributed by atoms with E-state index in [1.54, 1.807) is 6.92 Å². The summed E-state index contributed by atoms with van der Waals surface area (Å²) >= 11 is 0. The zero-order valence-corrected chi connectivity index (χ0v) is 8.21. The summed E-state index contributed by atoms with van der Waals surface area (Å²) in [6, 6.07) is -1.11. The van der Waals surface area contributed by atoms with Gasteiger partial charge in [-0.05, 0) is 6.92 Å². The topological polar surface area (TPSA) is 102 Å². The second kappa shape index (κ2) is 8.58. The summed E-state index contributed by atoms with van der Waals surface area (Å²) in [6.45, 7) is 1.91. The van der Waals surface area contributed by atoms with Crippen molar-refractivity contribution in [3.8, 4) is 0 Å². The molecule has 7 heteroatoms. The van der Waals surface area contributed by atoms with E-state index < -0.39 is 12.0 Å². The summed E-state index contributed by atoms with van der Waals surface area (Å²) in [4.78, 5) is 10.6. The first kappa shape index (κ1) is 17.5. The molecule has 0 saturated heterocycles. The van der Waals surface area contributed by atoms with Gasteiger partial charge in [0, 0.05) is 0 Å². The van der Waals surface area contributed by atoms with Gasteiger partial charge in [-0.1, -0.05) is 0 Å². The maximum atomic E-state index is 10.6. The molecule has 0 aromatic rings. The van der Waals surface area contributed by atoms with Crippen LogP contribution in [0.15, 0.2) is 0 Å². The van der Waals surface area contributed by atoms with Gasteiger partial charge >= 0.3 is 5.97 Å². The van der Waals surface area contributed by atoms with E-state index in [-0.39, 0.29) is 37.3 Å².